The molecule has 0 aliphatic carbocycles. The van der Waals surface area contributed by atoms with Crippen molar-refractivity contribution < 1.29 is 9.32 Å². The molecule has 10 nitrogen and oxygen atoms in total. The van der Waals surface area contributed by atoms with E-state index >= 15 is 0 Å². The lowest BCUT2D eigenvalue weighted by Gasteiger charge is -2.04. The first kappa shape index (κ1) is 19.8. The van der Waals surface area contributed by atoms with Crippen LogP contribution in [0, 0.1) is 0 Å². The van der Waals surface area contributed by atoms with Crippen LogP contribution in [0.15, 0.2) is 48.9 Å². The molecule has 0 aliphatic rings. The summed E-state index contributed by atoms with van der Waals surface area (Å²) in [6.07, 6.45) is -0.124. The summed E-state index contributed by atoms with van der Waals surface area (Å²) < 4.78 is 9.94. The molecule has 4 rings (SSSR count). The highest BCUT2D eigenvalue weighted by Gasteiger charge is 2.20. The molecule has 30 heavy (non-hydrogen) atoms. The summed E-state index contributed by atoms with van der Waals surface area (Å²) in [6.45, 7) is 0. The van der Waals surface area contributed by atoms with Gasteiger partial charge in [-0.15, -0.1) is 0 Å². The summed E-state index contributed by atoms with van der Waals surface area (Å²) in [6, 6.07) is 9.08. The zero-order valence-electron chi connectivity index (χ0n) is 16.3. The summed E-state index contributed by atoms with van der Waals surface area (Å²) >= 11 is 3.37. The van der Waals surface area contributed by atoms with Crippen LogP contribution in [0.25, 0.3) is 22.4 Å². The molecule has 0 spiro atoms. The van der Waals surface area contributed by atoms with Crippen molar-refractivity contribution in [2.45, 2.75) is 6.42 Å². The predicted molar refractivity (Wildman–Crippen MR) is 113 cm³/mol. The quantitative estimate of drug-likeness (QED) is 0.481. The van der Waals surface area contributed by atoms with E-state index in [0.29, 0.717) is 11.5 Å². The van der Waals surface area contributed by atoms with Gasteiger partial charge in [-0.3, -0.25) is 23.4 Å². The molecule has 0 saturated heterocycles. The number of hydrogen-bond acceptors (Lipinski definition) is 6. The van der Waals surface area contributed by atoms with Crippen molar-refractivity contribution in [1.82, 2.24) is 24.1 Å². The van der Waals surface area contributed by atoms with E-state index in [9.17, 15) is 14.4 Å². The maximum Gasteiger partial charge on any atom is 0.332 e. The van der Waals surface area contributed by atoms with Gasteiger partial charge in [-0.1, -0.05) is 33.2 Å². The number of carbonyl (C=O) groups is 1. The molecule has 0 aliphatic heterocycles. The Morgan fingerprint density at radius 3 is 2.53 bits per heavy atom. The molecule has 4 aromatic rings. The number of halogens is 1. The summed E-state index contributed by atoms with van der Waals surface area (Å²) in [7, 11) is 4.54. The summed E-state index contributed by atoms with van der Waals surface area (Å²) in [5.74, 6) is 0.365. The summed E-state index contributed by atoms with van der Waals surface area (Å²) in [5, 5.41) is 11.0. The molecular formula is C19H17BrN6O4. The third-order valence-electron chi connectivity index (χ3n) is 4.79. The number of amides is 1. The molecule has 0 atom stereocenters. The minimum absolute atomic E-state index is 0.124. The van der Waals surface area contributed by atoms with E-state index in [1.165, 1.54) is 23.3 Å². The van der Waals surface area contributed by atoms with E-state index in [0.717, 1.165) is 14.6 Å². The lowest BCUT2D eigenvalue weighted by atomic mass is 10.2. The Bertz CT molecular complexity index is 1390. The molecule has 0 unspecified atom stereocenters. The zero-order valence-corrected chi connectivity index (χ0v) is 17.9. The largest absolute Gasteiger partial charge is 0.354 e. The van der Waals surface area contributed by atoms with Crippen LogP contribution >= 0.6 is 15.9 Å². The van der Waals surface area contributed by atoms with Gasteiger partial charge in [-0.2, -0.15) is 5.10 Å². The van der Waals surface area contributed by atoms with Crippen LogP contribution < -0.4 is 16.6 Å². The second-order valence-electron chi connectivity index (χ2n) is 6.78. The van der Waals surface area contributed by atoms with E-state index in [4.69, 9.17) is 4.52 Å². The smallest absolute Gasteiger partial charge is 0.332 e. The molecule has 1 amide bonds. The molecule has 3 heterocycles. The Hall–Kier alpha value is -3.47. The van der Waals surface area contributed by atoms with Crippen LogP contribution in [-0.2, 0) is 32.4 Å². The minimum Gasteiger partial charge on any atom is -0.354 e. The fourth-order valence-corrected chi connectivity index (χ4v) is 3.46. The highest BCUT2D eigenvalue weighted by molar-refractivity contribution is 9.10. The third-order valence-corrected chi connectivity index (χ3v) is 5.32. The van der Waals surface area contributed by atoms with Crippen LogP contribution in [0.1, 0.15) is 5.69 Å². The lowest BCUT2D eigenvalue weighted by molar-refractivity contribution is -0.115. The average Bonchev–Trinajstić information content (AvgIpc) is 3.30. The van der Waals surface area contributed by atoms with Crippen LogP contribution in [0.5, 0.6) is 0 Å². The predicted octanol–water partition coefficient (Wildman–Crippen LogP) is 1.57. The van der Waals surface area contributed by atoms with Crippen molar-refractivity contribution in [3.8, 4) is 11.3 Å². The first-order valence-electron chi connectivity index (χ1n) is 8.90. The number of hydrogen-bond donors (Lipinski definition) is 1. The lowest BCUT2D eigenvalue weighted by Crippen LogP contribution is -2.37. The Kier molecular flexibility index (Phi) is 4.90. The van der Waals surface area contributed by atoms with Gasteiger partial charge >= 0.3 is 5.69 Å². The SMILES string of the molecule is Cn1nc2c(c1CC(=O)Nc1cc(-c3ccc(Br)cc3)on1)c(=O)n(C)c(=O)n2C. The number of carbonyl (C=O) groups excluding carboxylic acids is 1. The molecule has 11 heteroatoms. The Morgan fingerprint density at radius 1 is 1.13 bits per heavy atom. The summed E-state index contributed by atoms with van der Waals surface area (Å²) in [5.41, 5.74) is 0.462. The van der Waals surface area contributed by atoms with Crippen molar-refractivity contribution in [1.29, 1.82) is 0 Å². The first-order valence-corrected chi connectivity index (χ1v) is 9.69. The highest BCUT2D eigenvalue weighted by Crippen LogP contribution is 2.24. The molecule has 0 radical (unpaired) electrons. The van der Waals surface area contributed by atoms with E-state index in [1.54, 1.807) is 13.1 Å². The average molecular weight is 473 g/mol. The fourth-order valence-electron chi connectivity index (χ4n) is 3.19. The third kappa shape index (κ3) is 3.36. The van der Waals surface area contributed by atoms with E-state index in [1.807, 2.05) is 24.3 Å². The topological polar surface area (TPSA) is 117 Å². The van der Waals surface area contributed by atoms with Crippen LogP contribution in [-0.4, -0.2) is 30.0 Å². The Morgan fingerprint density at radius 2 is 1.83 bits per heavy atom. The van der Waals surface area contributed by atoms with Gasteiger partial charge in [0.05, 0.1) is 12.1 Å². The number of rotatable bonds is 4. The minimum atomic E-state index is -0.497. The van der Waals surface area contributed by atoms with Crippen LogP contribution in [0.4, 0.5) is 5.82 Å². The molecule has 1 N–H and O–H groups in total. The van der Waals surface area contributed by atoms with Gasteiger partial charge in [0, 0.05) is 37.2 Å². The van der Waals surface area contributed by atoms with Gasteiger partial charge in [0.1, 0.15) is 5.39 Å². The Balaban J connectivity index is 1.60. The van der Waals surface area contributed by atoms with E-state index in [-0.39, 0.29) is 23.3 Å². The number of anilines is 1. The van der Waals surface area contributed by atoms with Crippen LogP contribution in [0.2, 0.25) is 0 Å². The highest BCUT2D eigenvalue weighted by atomic mass is 79.9. The van der Waals surface area contributed by atoms with Crippen molar-refractivity contribution in [2.24, 2.45) is 21.1 Å². The second kappa shape index (κ2) is 7.41. The molecule has 3 aromatic heterocycles. The van der Waals surface area contributed by atoms with Crippen molar-refractivity contribution in [3.05, 3.63) is 61.3 Å². The standard InChI is InChI=1S/C19H17BrN6O4/c1-24-17-16(18(28)25(2)19(24)29)12(26(3)22-17)8-15(27)21-14-9-13(30-23-14)10-4-6-11(20)7-5-10/h4-7,9H,8H2,1-3H3,(H,21,23,27). The maximum absolute atomic E-state index is 12.6. The number of benzene rings is 1. The number of aromatic nitrogens is 5. The molecular weight excluding hydrogens is 456 g/mol. The van der Waals surface area contributed by atoms with Crippen LogP contribution in [0.3, 0.4) is 0 Å². The molecule has 154 valence electrons. The number of aryl methyl sites for hydroxylation is 2. The zero-order chi connectivity index (χ0) is 21.6. The first-order chi connectivity index (χ1) is 14.3. The Labute approximate surface area is 177 Å². The van der Waals surface area contributed by atoms with Gasteiger partial charge in [-0.05, 0) is 12.1 Å². The number of nitrogens with one attached hydrogen (secondary N) is 1. The maximum atomic E-state index is 12.6. The van der Waals surface area contributed by atoms with Crippen molar-refractivity contribution in [3.63, 3.8) is 0 Å². The number of nitrogens with zero attached hydrogens (tertiary/aromatic N) is 5. The summed E-state index contributed by atoms with van der Waals surface area (Å²) in [4.78, 5) is 37.3. The monoisotopic (exact) mass is 472 g/mol. The van der Waals surface area contributed by atoms with Gasteiger partial charge < -0.3 is 9.84 Å². The molecule has 1 aromatic carbocycles. The van der Waals surface area contributed by atoms with Gasteiger partial charge in [0.25, 0.3) is 5.56 Å². The normalized spacial score (nSPS) is 11.2. The second-order valence-corrected chi connectivity index (χ2v) is 7.70. The van der Waals surface area contributed by atoms with E-state index in [2.05, 4.69) is 31.5 Å². The fraction of sp³-hybridized carbons (Fsp3) is 0.211. The van der Waals surface area contributed by atoms with Gasteiger partial charge in [0.15, 0.2) is 17.2 Å². The molecule has 0 bridgehead atoms. The number of fused-ring (bicyclic) bond motifs is 1. The molecule has 0 fully saturated rings. The van der Waals surface area contributed by atoms with Gasteiger partial charge in [-0.25, -0.2) is 4.79 Å². The van der Waals surface area contributed by atoms with Crippen molar-refractivity contribution >= 4 is 38.7 Å². The van der Waals surface area contributed by atoms with Gasteiger partial charge in [0.2, 0.25) is 5.91 Å². The van der Waals surface area contributed by atoms with E-state index < -0.39 is 17.2 Å². The van der Waals surface area contributed by atoms with Crippen molar-refractivity contribution in [2.75, 3.05) is 5.32 Å². The molecule has 0 saturated carbocycles.